The van der Waals surface area contributed by atoms with Gasteiger partial charge in [0.2, 0.25) is 0 Å². The Bertz CT molecular complexity index is 284. The molecule has 1 heteroatoms. The summed E-state index contributed by atoms with van der Waals surface area (Å²) in [4.78, 5) is 0. The van der Waals surface area contributed by atoms with Gasteiger partial charge in [-0.3, -0.25) is 0 Å². The Balaban J connectivity index is 1.86. The Labute approximate surface area is 99.2 Å². The first-order chi connectivity index (χ1) is 7.78. The van der Waals surface area contributed by atoms with Crippen LogP contribution in [-0.4, -0.2) is 0 Å². The van der Waals surface area contributed by atoms with Crippen molar-refractivity contribution in [3.05, 3.63) is 0 Å². The van der Waals surface area contributed by atoms with Crippen molar-refractivity contribution in [3.8, 4) is 6.07 Å². The van der Waals surface area contributed by atoms with Gasteiger partial charge < -0.3 is 0 Å². The topological polar surface area (TPSA) is 23.8 Å². The Morgan fingerprint density at radius 1 is 1.06 bits per heavy atom. The van der Waals surface area contributed by atoms with E-state index in [0.29, 0.717) is 0 Å². The zero-order chi connectivity index (χ0) is 11.2. The summed E-state index contributed by atoms with van der Waals surface area (Å²) in [6.07, 6.45) is 10.7. The van der Waals surface area contributed by atoms with E-state index < -0.39 is 0 Å². The van der Waals surface area contributed by atoms with Gasteiger partial charge >= 0.3 is 0 Å². The quantitative estimate of drug-likeness (QED) is 0.697. The number of hydrogen-bond donors (Lipinski definition) is 0. The molecule has 0 aromatic carbocycles. The van der Waals surface area contributed by atoms with Crippen molar-refractivity contribution < 1.29 is 0 Å². The molecule has 4 rings (SSSR count). The zero-order valence-corrected chi connectivity index (χ0v) is 10.4. The predicted octanol–water partition coefficient (Wildman–Crippen LogP) is 4.14. The highest BCUT2D eigenvalue weighted by atomic mass is 14.6. The molecule has 16 heavy (non-hydrogen) atoms. The third-order valence-electron chi connectivity index (χ3n) is 5.75. The molecule has 0 aromatic heterocycles. The highest BCUT2D eigenvalue weighted by Gasteiger charge is 2.56. The molecular formula is C15H23N. The molecule has 0 spiro atoms. The second-order valence-corrected chi connectivity index (χ2v) is 6.56. The first-order valence-corrected chi connectivity index (χ1v) is 7.19. The minimum atomic E-state index is 0.101. The molecule has 0 aliphatic heterocycles. The Morgan fingerprint density at radius 3 is 2.06 bits per heavy atom. The van der Waals surface area contributed by atoms with Crippen molar-refractivity contribution in [1.82, 2.24) is 0 Å². The fraction of sp³-hybridized carbons (Fsp3) is 0.933. The van der Waals surface area contributed by atoms with Crippen LogP contribution in [0.1, 0.15) is 58.3 Å². The van der Waals surface area contributed by atoms with Gasteiger partial charge in [0.15, 0.2) is 0 Å². The molecular weight excluding hydrogens is 194 g/mol. The molecule has 4 fully saturated rings. The molecule has 4 aliphatic carbocycles. The normalized spacial score (nSPS) is 49.2. The van der Waals surface area contributed by atoms with E-state index in [2.05, 4.69) is 13.0 Å². The number of hydrogen-bond acceptors (Lipinski definition) is 1. The van der Waals surface area contributed by atoms with E-state index in [9.17, 15) is 5.26 Å². The van der Waals surface area contributed by atoms with E-state index in [4.69, 9.17) is 0 Å². The number of nitriles is 1. The summed E-state index contributed by atoms with van der Waals surface area (Å²) in [5, 5.41) is 9.73. The van der Waals surface area contributed by atoms with Crippen molar-refractivity contribution in [2.75, 3.05) is 0 Å². The van der Waals surface area contributed by atoms with Crippen LogP contribution in [-0.2, 0) is 0 Å². The summed E-state index contributed by atoms with van der Waals surface area (Å²) in [6, 6.07) is 2.80. The lowest BCUT2D eigenvalue weighted by molar-refractivity contribution is -0.0810. The van der Waals surface area contributed by atoms with E-state index in [1.165, 1.54) is 51.4 Å². The van der Waals surface area contributed by atoms with Crippen LogP contribution in [0.4, 0.5) is 0 Å². The lowest BCUT2D eigenvalue weighted by Gasteiger charge is -2.58. The van der Waals surface area contributed by atoms with Crippen LogP contribution in [0.2, 0.25) is 0 Å². The van der Waals surface area contributed by atoms with Gasteiger partial charge in [0.25, 0.3) is 0 Å². The summed E-state index contributed by atoms with van der Waals surface area (Å²) in [5.41, 5.74) is 0.101. The minimum Gasteiger partial charge on any atom is -0.198 e. The van der Waals surface area contributed by atoms with Gasteiger partial charge in [0.05, 0.1) is 11.5 Å². The highest BCUT2D eigenvalue weighted by molar-refractivity contribution is 5.14. The van der Waals surface area contributed by atoms with Crippen LogP contribution in [0.15, 0.2) is 0 Å². The van der Waals surface area contributed by atoms with E-state index >= 15 is 0 Å². The van der Waals surface area contributed by atoms with Crippen LogP contribution < -0.4 is 0 Å². The first-order valence-electron chi connectivity index (χ1n) is 7.19. The standard InChI is InChI=1S/C15H23N/c1-2-3-4-15(10-16)13-6-11-5-12(8-13)9-14(15)7-11/h11-14H,2-9H2,1H3. The molecule has 4 bridgehead atoms. The zero-order valence-electron chi connectivity index (χ0n) is 10.4. The van der Waals surface area contributed by atoms with Gasteiger partial charge in [-0.1, -0.05) is 19.8 Å². The Hall–Kier alpha value is -0.510. The molecule has 4 saturated carbocycles. The average molecular weight is 217 g/mol. The lowest BCUT2D eigenvalue weighted by Crippen LogP contribution is -2.52. The summed E-state index contributed by atoms with van der Waals surface area (Å²) < 4.78 is 0. The molecule has 0 unspecified atom stereocenters. The molecule has 0 heterocycles. The Kier molecular flexibility index (Phi) is 2.50. The molecule has 0 saturated heterocycles. The first kappa shape index (κ1) is 10.6. The van der Waals surface area contributed by atoms with E-state index in [1.54, 1.807) is 0 Å². The maximum absolute atomic E-state index is 9.73. The molecule has 1 nitrogen and oxygen atoms in total. The van der Waals surface area contributed by atoms with E-state index in [-0.39, 0.29) is 5.41 Å². The monoisotopic (exact) mass is 217 g/mol. The van der Waals surface area contributed by atoms with Crippen LogP contribution in [0, 0.1) is 40.4 Å². The summed E-state index contributed by atoms with van der Waals surface area (Å²) >= 11 is 0. The lowest BCUT2D eigenvalue weighted by atomic mass is 9.45. The Morgan fingerprint density at radius 2 is 1.62 bits per heavy atom. The highest BCUT2D eigenvalue weighted by Crippen LogP contribution is 2.63. The molecule has 0 atom stereocenters. The molecule has 0 amide bonds. The number of rotatable bonds is 3. The second kappa shape index (κ2) is 3.76. The predicted molar refractivity (Wildman–Crippen MR) is 64.6 cm³/mol. The maximum Gasteiger partial charge on any atom is 0.0695 e. The van der Waals surface area contributed by atoms with Gasteiger partial charge in [-0.15, -0.1) is 0 Å². The summed E-state index contributed by atoms with van der Waals surface area (Å²) in [6.45, 7) is 2.25. The largest absolute Gasteiger partial charge is 0.198 e. The van der Waals surface area contributed by atoms with Gasteiger partial charge in [-0.2, -0.15) is 5.26 Å². The van der Waals surface area contributed by atoms with E-state index in [1.807, 2.05) is 0 Å². The van der Waals surface area contributed by atoms with Gasteiger partial charge in [-0.25, -0.2) is 0 Å². The van der Waals surface area contributed by atoms with Crippen molar-refractivity contribution in [3.63, 3.8) is 0 Å². The summed E-state index contributed by atoms with van der Waals surface area (Å²) in [5.74, 6) is 3.51. The molecule has 88 valence electrons. The summed E-state index contributed by atoms with van der Waals surface area (Å²) in [7, 11) is 0. The third kappa shape index (κ3) is 1.35. The molecule has 4 aliphatic rings. The minimum absolute atomic E-state index is 0.101. The average Bonchev–Trinajstić information content (AvgIpc) is 2.28. The van der Waals surface area contributed by atoms with Crippen molar-refractivity contribution in [2.45, 2.75) is 58.3 Å². The second-order valence-electron chi connectivity index (χ2n) is 6.56. The van der Waals surface area contributed by atoms with Crippen molar-refractivity contribution in [1.29, 1.82) is 5.26 Å². The van der Waals surface area contributed by atoms with Crippen LogP contribution >= 0.6 is 0 Å². The van der Waals surface area contributed by atoms with Crippen LogP contribution in [0.5, 0.6) is 0 Å². The molecule has 0 N–H and O–H groups in total. The number of nitrogens with zero attached hydrogens (tertiary/aromatic N) is 1. The fourth-order valence-electron chi connectivity index (χ4n) is 5.14. The fourth-order valence-corrected chi connectivity index (χ4v) is 5.14. The van der Waals surface area contributed by atoms with Gasteiger partial charge in [0, 0.05) is 0 Å². The van der Waals surface area contributed by atoms with Crippen molar-refractivity contribution >= 4 is 0 Å². The van der Waals surface area contributed by atoms with Crippen LogP contribution in [0.3, 0.4) is 0 Å². The van der Waals surface area contributed by atoms with Gasteiger partial charge in [0.1, 0.15) is 0 Å². The maximum atomic E-state index is 9.73. The van der Waals surface area contributed by atoms with Crippen LogP contribution in [0.25, 0.3) is 0 Å². The SMILES string of the molecule is CCCCC1(C#N)C2CC3CC(C2)CC1C3. The van der Waals surface area contributed by atoms with E-state index in [0.717, 1.165) is 23.7 Å². The number of unbranched alkanes of at least 4 members (excludes halogenated alkanes) is 1. The smallest absolute Gasteiger partial charge is 0.0695 e. The molecule has 0 aromatic rings. The van der Waals surface area contributed by atoms with Crippen molar-refractivity contribution in [2.24, 2.45) is 29.1 Å². The molecule has 0 radical (unpaired) electrons. The van der Waals surface area contributed by atoms with Gasteiger partial charge in [-0.05, 0) is 62.2 Å². The third-order valence-corrected chi connectivity index (χ3v) is 5.75.